The molecule has 0 atom stereocenters. The topological polar surface area (TPSA) is 32.3 Å². The van der Waals surface area contributed by atoms with Crippen molar-refractivity contribution in [3.8, 4) is 0 Å². The molecule has 0 rings (SSSR count). The van der Waals surface area contributed by atoms with Crippen molar-refractivity contribution >= 4 is 0 Å². The number of hydrogen-bond donors (Lipinski definition) is 2. The van der Waals surface area contributed by atoms with E-state index in [4.69, 9.17) is 5.11 Å². The van der Waals surface area contributed by atoms with E-state index >= 15 is 0 Å². The van der Waals surface area contributed by atoms with Crippen LogP contribution in [0, 0.1) is 0 Å². The lowest BCUT2D eigenvalue weighted by molar-refractivity contribution is 0.386. The third-order valence-electron chi connectivity index (χ3n) is 1.33. The second kappa shape index (κ2) is 7.19. The van der Waals surface area contributed by atoms with E-state index in [-0.39, 0.29) is 0 Å². The summed E-state index contributed by atoms with van der Waals surface area (Å²) in [6.07, 6.45) is 7.42. The third-order valence-corrected chi connectivity index (χ3v) is 1.33. The molecule has 0 aliphatic heterocycles. The van der Waals surface area contributed by atoms with Gasteiger partial charge in [0.2, 0.25) is 0 Å². The number of nitrogens with one attached hydrogen (secondary N) is 1. The first kappa shape index (κ1) is 10.1. The fourth-order valence-electron chi connectivity index (χ4n) is 0.629. The Morgan fingerprint density at radius 3 is 2.82 bits per heavy atom. The second-order valence-corrected chi connectivity index (χ2v) is 2.29. The fourth-order valence-corrected chi connectivity index (χ4v) is 0.629. The minimum Gasteiger partial charge on any atom is -0.513 e. The number of hydrogen-bond acceptors (Lipinski definition) is 2. The summed E-state index contributed by atoms with van der Waals surface area (Å²) in [7, 11) is 0. The van der Waals surface area contributed by atoms with Crippen LogP contribution < -0.4 is 5.32 Å². The Bertz CT molecular complexity index is 138. The van der Waals surface area contributed by atoms with Crippen molar-refractivity contribution in [1.82, 2.24) is 5.32 Å². The molecule has 2 nitrogen and oxygen atoms in total. The molecule has 0 fully saturated rings. The maximum absolute atomic E-state index is 9.01. The van der Waals surface area contributed by atoms with Crippen molar-refractivity contribution < 1.29 is 5.11 Å². The summed E-state index contributed by atoms with van der Waals surface area (Å²) in [5.74, 6) is 0.447. The molecule has 11 heavy (non-hydrogen) atoms. The second-order valence-electron chi connectivity index (χ2n) is 2.29. The van der Waals surface area contributed by atoms with Gasteiger partial charge in [0.1, 0.15) is 0 Å². The summed E-state index contributed by atoms with van der Waals surface area (Å²) in [6.45, 7) is 4.71. The summed E-state index contributed by atoms with van der Waals surface area (Å²) in [6, 6.07) is 0. The average Bonchev–Trinajstić information content (AvgIpc) is 2.04. The van der Waals surface area contributed by atoms with E-state index in [1.165, 1.54) is 0 Å². The molecule has 0 radical (unpaired) electrons. The van der Waals surface area contributed by atoms with Crippen molar-refractivity contribution in [3.63, 3.8) is 0 Å². The summed E-state index contributed by atoms with van der Waals surface area (Å²) >= 11 is 0. The first-order valence-corrected chi connectivity index (χ1v) is 4.03. The highest BCUT2D eigenvalue weighted by Gasteiger charge is 1.87. The average molecular weight is 155 g/mol. The van der Waals surface area contributed by atoms with Crippen LogP contribution in [0.3, 0.4) is 0 Å². The molecule has 2 N–H and O–H groups in total. The largest absolute Gasteiger partial charge is 0.513 e. The summed E-state index contributed by atoms with van der Waals surface area (Å²) in [4.78, 5) is 0. The monoisotopic (exact) mass is 155 g/mol. The maximum atomic E-state index is 9.01. The van der Waals surface area contributed by atoms with E-state index in [0.717, 1.165) is 13.0 Å². The standard InChI is InChI=1S/C9H17NO/c1-3-5-7-10-8-6-9(11)4-2/h4-5,7,10-11H,3,6,8H2,1-2H3/b7-5-,9-4+. The van der Waals surface area contributed by atoms with Gasteiger partial charge in [-0.3, -0.25) is 0 Å². The highest BCUT2D eigenvalue weighted by atomic mass is 16.3. The molecular weight excluding hydrogens is 138 g/mol. The quantitative estimate of drug-likeness (QED) is 0.472. The molecule has 0 aromatic heterocycles. The molecule has 0 heterocycles. The van der Waals surface area contributed by atoms with Crippen LogP contribution in [0.25, 0.3) is 0 Å². The van der Waals surface area contributed by atoms with Crippen LogP contribution >= 0.6 is 0 Å². The highest BCUT2D eigenvalue weighted by Crippen LogP contribution is 1.92. The molecule has 0 aliphatic carbocycles. The highest BCUT2D eigenvalue weighted by molar-refractivity contribution is 4.89. The zero-order chi connectivity index (χ0) is 8.53. The molecule has 0 saturated carbocycles. The molecule has 0 bridgehead atoms. The van der Waals surface area contributed by atoms with Gasteiger partial charge in [-0.15, -0.1) is 0 Å². The Labute approximate surface area is 68.6 Å². The van der Waals surface area contributed by atoms with Gasteiger partial charge in [0.25, 0.3) is 0 Å². The minimum absolute atomic E-state index is 0.447. The number of rotatable bonds is 5. The molecular formula is C9H17NO. The van der Waals surface area contributed by atoms with Crippen molar-refractivity contribution in [2.24, 2.45) is 0 Å². The molecule has 0 unspecified atom stereocenters. The predicted octanol–water partition coefficient (Wildman–Crippen LogP) is 2.35. The molecule has 0 aromatic rings. The third kappa shape index (κ3) is 6.97. The van der Waals surface area contributed by atoms with Crippen LogP contribution in [-0.2, 0) is 0 Å². The van der Waals surface area contributed by atoms with Crippen LogP contribution in [0.1, 0.15) is 26.7 Å². The van der Waals surface area contributed by atoms with Crippen molar-refractivity contribution in [2.45, 2.75) is 26.7 Å². The van der Waals surface area contributed by atoms with Crippen LogP contribution in [0.5, 0.6) is 0 Å². The Morgan fingerprint density at radius 1 is 1.55 bits per heavy atom. The SMILES string of the molecule is C/C=C(/O)CCN/C=C\CC. The minimum atomic E-state index is 0.447. The summed E-state index contributed by atoms with van der Waals surface area (Å²) in [5.41, 5.74) is 0. The summed E-state index contributed by atoms with van der Waals surface area (Å²) < 4.78 is 0. The van der Waals surface area contributed by atoms with Gasteiger partial charge in [0.15, 0.2) is 0 Å². The number of aliphatic hydroxyl groups is 1. The van der Waals surface area contributed by atoms with Gasteiger partial charge in [-0.1, -0.05) is 13.0 Å². The van der Waals surface area contributed by atoms with Crippen LogP contribution in [-0.4, -0.2) is 11.7 Å². The first-order valence-electron chi connectivity index (χ1n) is 4.03. The van der Waals surface area contributed by atoms with Crippen LogP contribution in [0.15, 0.2) is 24.1 Å². The van der Waals surface area contributed by atoms with Gasteiger partial charge >= 0.3 is 0 Å². The Kier molecular flexibility index (Phi) is 6.59. The Morgan fingerprint density at radius 2 is 2.27 bits per heavy atom. The fraction of sp³-hybridized carbons (Fsp3) is 0.556. The lowest BCUT2D eigenvalue weighted by Gasteiger charge is -1.98. The smallest absolute Gasteiger partial charge is 0.0897 e. The van der Waals surface area contributed by atoms with E-state index in [9.17, 15) is 0 Å². The summed E-state index contributed by atoms with van der Waals surface area (Å²) in [5, 5.41) is 12.1. The Hall–Kier alpha value is -0.920. The normalized spacial score (nSPS) is 12.4. The predicted molar refractivity (Wildman–Crippen MR) is 48.4 cm³/mol. The van der Waals surface area contributed by atoms with E-state index < -0.39 is 0 Å². The van der Waals surface area contributed by atoms with E-state index in [1.54, 1.807) is 6.08 Å². The van der Waals surface area contributed by atoms with Gasteiger partial charge in [0.05, 0.1) is 5.76 Å². The van der Waals surface area contributed by atoms with E-state index in [1.807, 2.05) is 19.2 Å². The van der Waals surface area contributed by atoms with Gasteiger partial charge < -0.3 is 10.4 Å². The zero-order valence-corrected chi connectivity index (χ0v) is 7.30. The molecule has 0 aliphatic rings. The van der Waals surface area contributed by atoms with E-state index in [2.05, 4.69) is 12.2 Å². The molecule has 0 spiro atoms. The van der Waals surface area contributed by atoms with Crippen LogP contribution in [0.4, 0.5) is 0 Å². The number of allylic oxidation sites excluding steroid dienone is 2. The van der Waals surface area contributed by atoms with Gasteiger partial charge in [0, 0.05) is 13.0 Å². The zero-order valence-electron chi connectivity index (χ0n) is 7.30. The van der Waals surface area contributed by atoms with E-state index in [0.29, 0.717) is 12.2 Å². The van der Waals surface area contributed by atoms with Crippen molar-refractivity contribution in [1.29, 1.82) is 0 Å². The molecule has 64 valence electrons. The maximum Gasteiger partial charge on any atom is 0.0897 e. The van der Waals surface area contributed by atoms with Crippen molar-refractivity contribution in [3.05, 3.63) is 24.1 Å². The molecule has 0 saturated heterocycles. The molecule has 0 amide bonds. The lowest BCUT2D eigenvalue weighted by Crippen LogP contribution is -2.07. The molecule has 2 heteroatoms. The van der Waals surface area contributed by atoms with Crippen molar-refractivity contribution in [2.75, 3.05) is 6.54 Å². The van der Waals surface area contributed by atoms with Gasteiger partial charge in [-0.25, -0.2) is 0 Å². The first-order chi connectivity index (χ1) is 5.31. The number of aliphatic hydroxyl groups excluding tert-OH is 1. The lowest BCUT2D eigenvalue weighted by atomic mass is 10.3. The van der Waals surface area contributed by atoms with Crippen LogP contribution in [0.2, 0.25) is 0 Å². The van der Waals surface area contributed by atoms with Gasteiger partial charge in [-0.05, 0) is 25.6 Å². The molecule has 0 aromatic carbocycles. The van der Waals surface area contributed by atoms with Gasteiger partial charge in [-0.2, -0.15) is 0 Å². The Balaban J connectivity index is 3.21.